The van der Waals surface area contributed by atoms with Crippen LogP contribution in [0.5, 0.6) is 0 Å². The summed E-state index contributed by atoms with van der Waals surface area (Å²) in [6.07, 6.45) is 1.60. The van der Waals surface area contributed by atoms with Crippen LogP contribution in [0.2, 0.25) is 0 Å². The Hall–Kier alpha value is -2.18. The summed E-state index contributed by atoms with van der Waals surface area (Å²) in [5, 5.41) is 22.4. The zero-order valence-corrected chi connectivity index (χ0v) is 11.6. The van der Waals surface area contributed by atoms with Gasteiger partial charge in [-0.3, -0.25) is 10.1 Å². The molecule has 2 N–H and O–H groups in total. The van der Waals surface area contributed by atoms with Crippen molar-refractivity contribution in [1.29, 1.82) is 5.26 Å². The minimum atomic E-state index is -3.20. The number of nitriles is 1. The molecule has 0 heterocycles. The number of anilines is 1. The largest absolute Gasteiger partial charge is 0.385 e. The average Bonchev–Trinajstić information content (AvgIpc) is 2.36. The van der Waals surface area contributed by atoms with E-state index in [0.717, 1.165) is 6.26 Å². The summed E-state index contributed by atoms with van der Waals surface area (Å²) < 4.78 is 24.0. The van der Waals surface area contributed by atoms with E-state index in [-0.39, 0.29) is 17.8 Å². The van der Waals surface area contributed by atoms with Gasteiger partial charge in [0.15, 0.2) is 0 Å². The van der Waals surface area contributed by atoms with Crippen molar-refractivity contribution in [3.05, 3.63) is 33.9 Å². The molecule has 9 heteroatoms. The van der Waals surface area contributed by atoms with Gasteiger partial charge in [-0.1, -0.05) is 0 Å². The molecule has 0 aromatic heterocycles. The molecule has 1 rings (SSSR count). The van der Waals surface area contributed by atoms with Gasteiger partial charge in [0.25, 0.3) is 5.69 Å². The number of hydrogen-bond acceptors (Lipinski definition) is 6. The Balaban J connectivity index is 2.55. The Morgan fingerprint density at radius 3 is 2.65 bits per heavy atom. The maximum Gasteiger partial charge on any atom is 0.289 e. The quantitative estimate of drug-likeness (QED) is 0.436. The minimum absolute atomic E-state index is 0.000655. The third kappa shape index (κ3) is 5.21. The van der Waals surface area contributed by atoms with Crippen LogP contribution in [0.1, 0.15) is 12.0 Å². The van der Waals surface area contributed by atoms with E-state index in [1.54, 1.807) is 12.1 Å². The van der Waals surface area contributed by atoms with Crippen LogP contribution in [0.25, 0.3) is 0 Å². The molecule has 0 aliphatic carbocycles. The summed E-state index contributed by atoms with van der Waals surface area (Å²) in [6, 6.07) is 5.97. The minimum Gasteiger partial charge on any atom is -0.385 e. The van der Waals surface area contributed by atoms with Gasteiger partial charge in [-0.25, -0.2) is 13.1 Å². The highest BCUT2D eigenvalue weighted by Crippen LogP contribution is 2.22. The lowest BCUT2D eigenvalue weighted by atomic mass is 10.2. The van der Waals surface area contributed by atoms with Gasteiger partial charge in [-0.2, -0.15) is 5.26 Å². The molecule has 1 aromatic rings. The first kappa shape index (κ1) is 15.9. The molecular formula is C11H14N4O4S. The molecule has 0 atom stereocenters. The predicted molar refractivity (Wildman–Crippen MR) is 73.8 cm³/mol. The van der Waals surface area contributed by atoms with E-state index in [1.807, 2.05) is 0 Å². The van der Waals surface area contributed by atoms with Gasteiger partial charge in [0.2, 0.25) is 10.0 Å². The van der Waals surface area contributed by atoms with Gasteiger partial charge >= 0.3 is 0 Å². The second-order valence-corrected chi connectivity index (χ2v) is 5.88. The molecule has 0 aliphatic rings. The molecule has 0 radical (unpaired) electrons. The molecule has 0 unspecified atom stereocenters. The van der Waals surface area contributed by atoms with Crippen LogP contribution in [-0.2, 0) is 10.0 Å². The van der Waals surface area contributed by atoms with Crippen molar-refractivity contribution >= 4 is 21.4 Å². The van der Waals surface area contributed by atoms with Crippen molar-refractivity contribution in [2.75, 3.05) is 24.7 Å². The lowest BCUT2D eigenvalue weighted by Crippen LogP contribution is -2.24. The highest BCUT2D eigenvalue weighted by molar-refractivity contribution is 7.88. The fraction of sp³-hybridized carbons (Fsp3) is 0.364. The second-order valence-electron chi connectivity index (χ2n) is 4.05. The third-order valence-corrected chi connectivity index (χ3v) is 3.09. The molecule has 0 saturated heterocycles. The fourth-order valence-corrected chi connectivity index (χ4v) is 1.98. The second kappa shape index (κ2) is 6.83. The first-order valence-electron chi connectivity index (χ1n) is 5.70. The Kier molecular flexibility index (Phi) is 5.42. The molecular weight excluding hydrogens is 284 g/mol. The number of sulfonamides is 1. The van der Waals surface area contributed by atoms with Crippen molar-refractivity contribution in [1.82, 2.24) is 4.72 Å². The summed E-state index contributed by atoms with van der Waals surface area (Å²) in [5.41, 5.74) is 0.251. The maximum absolute atomic E-state index is 10.8. The van der Waals surface area contributed by atoms with Gasteiger partial charge < -0.3 is 5.32 Å². The molecule has 1 aromatic carbocycles. The van der Waals surface area contributed by atoms with Gasteiger partial charge in [-0.05, 0) is 18.6 Å². The van der Waals surface area contributed by atoms with Crippen molar-refractivity contribution in [2.24, 2.45) is 0 Å². The highest BCUT2D eigenvalue weighted by atomic mass is 32.2. The van der Waals surface area contributed by atoms with Gasteiger partial charge in [0, 0.05) is 24.8 Å². The molecule has 0 aliphatic heterocycles. The first-order chi connectivity index (χ1) is 9.33. The summed E-state index contributed by atoms with van der Waals surface area (Å²) >= 11 is 0. The highest BCUT2D eigenvalue weighted by Gasteiger charge is 2.13. The Morgan fingerprint density at radius 1 is 1.40 bits per heavy atom. The molecule has 0 fully saturated rings. The number of nitro groups is 1. The van der Waals surface area contributed by atoms with Gasteiger partial charge in [-0.15, -0.1) is 0 Å². The SMILES string of the molecule is CS(=O)(=O)NCCCNc1ccc(C#N)c([N+](=O)[O-])c1. The Labute approximate surface area is 116 Å². The van der Waals surface area contributed by atoms with Crippen LogP contribution in [0.15, 0.2) is 18.2 Å². The normalized spacial score (nSPS) is 10.8. The number of rotatable bonds is 7. The van der Waals surface area contributed by atoms with Crippen molar-refractivity contribution in [3.8, 4) is 6.07 Å². The number of nitrogens with zero attached hydrogens (tertiary/aromatic N) is 2. The smallest absolute Gasteiger partial charge is 0.289 e. The number of nitro benzene ring substituents is 1. The van der Waals surface area contributed by atoms with Crippen LogP contribution in [0.3, 0.4) is 0 Å². The van der Waals surface area contributed by atoms with E-state index >= 15 is 0 Å². The molecule has 108 valence electrons. The Morgan fingerprint density at radius 2 is 2.10 bits per heavy atom. The zero-order chi connectivity index (χ0) is 15.2. The van der Waals surface area contributed by atoms with Crippen LogP contribution in [-0.4, -0.2) is 32.7 Å². The summed E-state index contributed by atoms with van der Waals surface area (Å²) in [5.74, 6) is 0. The predicted octanol–water partition coefficient (Wildman–Crippen LogP) is 0.818. The molecule has 20 heavy (non-hydrogen) atoms. The topological polar surface area (TPSA) is 125 Å². The number of hydrogen-bond donors (Lipinski definition) is 2. The van der Waals surface area contributed by atoms with E-state index in [2.05, 4.69) is 10.0 Å². The average molecular weight is 298 g/mol. The van der Waals surface area contributed by atoms with E-state index in [0.29, 0.717) is 18.7 Å². The third-order valence-electron chi connectivity index (χ3n) is 2.36. The molecule has 0 saturated carbocycles. The maximum atomic E-state index is 10.8. The van der Waals surface area contributed by atoms with Crippen LogP contribution >= 0.6 is 0 Å². The number of benzene rings is 1. The molecule has 0 amide bonds. The van der Waals surface area contributed by atoms with Crippen molar-refractivity contribution < 1.29 is 13.3 Å². The van der Waals surface area contributed by atoms with Crippen molar-refractivity contribution in [3.63, 3.8) is 0 Å². The summed E-state index contributed by atoms with van der Waals surface area (Å²) in [4.78, 5) is 10.2. The van der Waals surface area contributed by atoms with E-state index in [4.69, 9.17) is 5.26 Å². The van der Waals surface area contributed by atoms with Crippen LogP contribution in [0, 0.1) is 21.4 Å². The summed E-state index contributed by atoms with van der Waals surface area (Å²) in [7, 11) is -3.20. The standard InChI is InChI=1S/C11H14N4O4S/c1-20(18,19)14-6-2-5-13-10-4-3-9(8-12)11(7-10)15(16)17/h3-4,7,13-14H,2,5-6H2,1H3. The van der Waals surface area contributed by atoms with Crippen molar-refractivity contribution in [2.45, 2.75) is 6.42 Å². The monoisotopic (exact) mass is 298 g/mol. The Bertz CT molecular complexity index is 636. The lowest BCUT2D eigenvalue weighted by Gasteiger charge is -2.07. The van der Waals surface area contributed by atoms with E-state index < -0.39 is 14.9 Å². The lowest BCUT2D eigenvalue weighted by molar-refractivity contribution is -0.385. The molecule has 8 nitrogen and oxygen atoms in total. The zero-order valence-electron chi connectivity index (χ0n) is 10.8. The molecule has 0 spiro atoms. The fourth-order valence-electron chi connectivity index (χ4n) is 1.47. The first-order valence-corrected chi connectivity index (χ1v) is 7.59. The molecule has 0 bridgehead atoms. The van der Waals surface area contributed by atoms with E-state index in [1.165, 1.54) is 12.1 Å². The van der Waals surface area contributed by atoms with E-state index in [9.17, 15) is 18.5 Å². The van der Waals surface area contributed by atoms with Gasteiger partial charge in [0.05, 0.1) is 11.2 Å². The number of nitrogens with one attached hydrogen (secondary N) is 2. The summed E-state index contributed by atoms with van der Waals surface area (Å²) in [6.45, 7) is 0.732. The van der Waals surface area contributed by atoms with Crippen LogP contribution in [0.4, 0.5) is 11.4 Å². The van der Waals surface area contributed by atoms with Gasteiger partial charge in [0.1, 0.15) is 11.6 Å². The van der Waals surface area contributed by atoms with Crippen LogP contribution < -0.4 is 10.0 Å².